The van der Waals surface area contributed by atoms with E-state index in [2.05, 4.69) is 16.0 Å². The lowest BCUT2D eigenvalue weighted by Crippen LogP contribution is -2.14. The standard InChI is InChI=1S/C16H13IN2O2/c1-21-12-6-5-10-3-2-4-11(13(10)8-12)7-15-18-9-14(17)16(20)19-15/h2-6,8-9H,7H2,1H3,(H,18,19,20). The molecule has 0 saturated heterocycles. The van der Waals surface area contributed by atoms with Crippen LogP contribution in [0.2, 0.25) is 0 Å². The first-order valence-electron chi connectivity index (χ1n) is 6.47. The van der Waals surface area contributed by atoms with Crippen molar-refractivity contribution in [3.05, 3.63) is 67.9 Å². The number of hydrogen-bond donors (Lipinski definition) is 1. The maximum absolute atomic E-state index is 11.7. The Morgan fingerprint density at radius 1 is 1.29 bits per heavy atom. The summed E-state index contributed by atoms with van der Waals surface area (Å²) < 4.78 is 5.88. The van der Waals surface area contributed by atoms with Crippen molar-refractivity contribution in [2.75, 3.05) is 7.11 Å². The number of H-pyrrole nitrogens is 1. The molecule has 0 saturated carbocycles. The fourth-order valence-electron chi connectivity index (χ4n) is 2.28. The van der Waals surface area contributed by atoms with Gasteiger partial charge in [0.05, 0.1) is 10.7 Å². The highest BCUT2D eigenvalue weighted by Gasteiger charge is 2.06. The number of halogens is 1. The molecule has 21 heavy (non-hydrogen) atoms. The van der Waals surface area contributed by atoms with Gasteiger partial charge in [0, 0.05) is 12.6 Å². The van der Waals surface area contributed by atoms with Crippen molar-refractivity contribution in [2.24, 2.45) is 0 Å². The molecule has 0 aliphatic heterocycles. The van der Waals surface area contributed by atoms with Gasteiger partial charge >= 0.3 is 0 Å². The Balaban J connectivity index is 2.07. The third kappa shape index (κ3) is 2.92. The van der Waals surface area contributed by atoms with Crippen LogP contribution in [0.5, 0.6) is 5.75 Å². The Morgan fingerprint density at radius 3 is 2.90 bits per heavy atom. The number of aromatic nitrogens is 2. The highest BCUT2D eigenvalue weighted by molar-refractivity contribution is 14.1. The second kappa shape index (κ2) is 5.85. The highest BCUT2D eigenvalue weighted by atomic mass is 127. The smallest absolute Gasteiger partial charge is 0.264 e. The number of aromatic amines is 1. The van der Waals surface area contributed by atoms with Crippen LogP contribution in [0.15, 0.2) is 47.4 Å². The van der Waals surface area contributed by atoms with Crippen LogP contribution < -0.4 is 10.3 Å². The van der Waals surface area contributed by atoms with Crippen LogP contribution in [0, 0.1) is 3.57 Å². The molecule has 2 aromatic carbocycles. The monoisotopic (exact) mass is 392 g/mol. The molecule has 1 N–H and O–H groups in total. The quantitative estimate of drug-likeness (QED) is 0.697. The van der Waals surface area contributed by atoms with E-state index in [-0.39, 0.29) is 5.56 Å². The largest absolute Gasteiger partial charge is 0.497 e. The van der Waals surface area contributed by atoms with Gasteiger partial charge in [-0.15, -0.1) is 0 Å². The molecular formula is C16H13IN2O2. The average molecular weight is 392 g/mol. The molecule has 0 radical (unpaired) electrons. The number of benzene rings is 2. The van der Waals surface area contributed by atoms with Crippen LogP contribution in [-0.2, 0) is 6.42 Å². The summed E-state index contributed by atoms with van der Waals surface area (Å²) >= 11 is 1.97. The molecule has 106 valence electrons. The summed E-state index contributed by atoms with van der Waals surface area (Å²) in [7, 11) is 1.65. The van der Waals surface area contributed by atoms with E-state index in [9.17, 15) is 4.79 Å². The van der Waals surface area contributed by atoms with Crippen molar-refractivity contribution in [1.82, 2.24) is 9.97 Å². The molecule has 0 fully saturated rings. The number of rotatable bonds is 3. The van der Waals surface area contributed by atoms with Crippen LogP contribution >= 0.6 is 22.6 Å². The van der Waals surface area contributed by atoms with Gasteiger partial charge in [-0.25, -0.2) is 4.98 Å². The van der Waals surface area contributed by atoms with E-state index < -0.39 is 0 Å². The Hall–Kier alpha value is -1.89. The van der Waals surface area contributed by atoms with E-state index in [4.69, 9.17) is 4.74 Å². The molecule has 0 amide bonds. The van der Waals surface area contributed by atoms with E-state index in [1.54, 1.807) is 13.3 Å². The van der Waals surface area contributed by atoms with Gasteiger partial charge < -0.3 is 9.72 Å². The number of fused-ring (bicyclic) bond motifs is 1. The van der Waals surface area contributed by atoms with E-state index in [1.807, 2.05) is 52.9 Å². The predicted molar refractivity (Wildman–Crippen MR) is 90.9 cm³/mol. The summed E-state index contributed by atoms with van der Waals surface area (Å²) in [6.07, 6.45) is 2.18. The predicted octanol–water partition coefficient (Wildman–Crippen LogP) is 3.13. The molecule has 0 atom stereocenters. The minimum atomic E-state index is -0.0987. The molecule has 0 unspecified atom stereocenters. The summed E-state index contributed by atoms with van der Waals surface area (Å²) in [5.74, 6) is 1.48. The number of hydrogen-bond acceptors (Lipinski definition) is 3. The van der Waals surface area contributed by atoms with Gasteiger partial charge in [-0.05, 0) is 51.1 Å². The normalized spacial score (nSPS) is 10.8. The van der Waals surface area contributed by atoms with E-state index in [1.165, 1.54) is 0 Å². The minimum Gasteiger partial charge on any atom is -0.497 e. The molecule has 4 nitrogen and oxygen atoms in total. The minimum absolute atomic E-state index is 0.0987. The van der Waals surface area contributed by atoms with Gasteiger partial charge in [-0.1, -0.05) is 24.3 Å². The van der Waals surface area contributed by atoms with Crippen molar-refractivity contribution in [3.8, 4) is 5.75 Å². The molecule has 0 bridgehead atoms. The zero-order valence-corrected chi connectivity index (χ0v) is 13.5. The number of nitrogens with zero attached hydrogens (tertiary/aromatic N) is 1. The van der Waals surface area contributed by atoms with Crippen molar-refractivity contribution in [2.45, 2.75) is 6.42 Å². The zero-order chi connectivity index (χ0) is 14.8. The second-order valence-corrected chi connectivity index (χ2v) is 5.85. The summed E-state index contributed by atoms with van der Waals surface area (Å²) in [6, 6.07) is 12.1. The van der Waals surface area contributed by atoms with Crippen LogP contribution in [0.4, 0.5) is 0 Å². The molecule has 5 heteroatoms. The first-order valence-corrected chi connectivity index (χ1v) is 7.54. The molecule has 0 aliphatic carbocycles. The molecule has 1 aromatic heterocycles. The van der Waals surface area contributed by atoms with Crippen LogP contribution in [-0.4, -0.2) is 17.1 Å². The summed E-state index contributed by atoms with van der Waals surface area (Å²) in [6.45, 7) is 0. The Kier molecular flexibility index (Phi) is 3.92. The summed E-state index contributed by atoms with van der Waals surface area (Å²) in [5, 5.41) is 2.25. The Bertz CT molecular complexity index is 858. The highest BCUT2D eigenvalue weighted by Crippen LogP contribution is 2.25. The average Bonchev–Trinajstić information content (AvgIpc) is 2.51. The van der Waals surface area contributed by atoms with Gasteiger partial charge in [0.15, 0.2) is 0 Å². The van der Waals surface area contributed by atoms with E-state index >= 15 is 0 Å². The van der Waals surface area contributed by atoms with Gasteiger partial charge in [0.25, 0.3) is 5.56 Å². The van der Waals surface area contributed by atoms with Crippen molar-refractivity contribution < 1.29 is 4.74 Å². The van der Waals surface area contributed by atoms with Gasteiger partial charge in [-0.2, -0.15) is 0 Å². The summed E-state index contributed by atoms with van der Waals surface area (Å²) in [5.41, 5.74) is 1.01. The third-order valence-electron chi connectivity index (χ3n) is 3.35. The lowest BCUT2D eigenvalue weighted by atomic mass is 10.0. The third-order valence-corrected chi connectivity index (χ3v) is 4.11. The van der Waals surface area contributed by atoms with Gasteiger partial charge in [0.2, 0.25) is 0 Å². The first-order chi connectivity index (χ1) is 10.2. The van der Waals surface area contributed by atoms with Crippen LogP contribution in [0.3, 0.4) is 0 Å². The fraction of sp³-hybridized carbons (Fsp3) is 0.125. The van der Waals surface area contributed by atoms with Gasteiger partial charge in [0.1, 0.15) is 11.6 Å². The lowest BCUT2D eigenvalue weighted by Gasteiger charge is -2.08. The van der Waals surface area contributed by atoms with Crippen LogP contribution in [0.1, 0.15) is 11.4 Å². The Labute approximate surface area is 135 Å². The molecule has 0 aliphatic rings. The first kappa shape index (κ1) is 14.1. The molecule has 0 spiro atoms. The number of methoxy groups -OCH3 is 1. The lowest BCUT2D eigenvalue weighted by molar-refractivity contribution is 0.415. The van der Waals surface area contributed by atoms with Crippen LogP contribution in [0.25, 0.3) is 10.8 Å². The maximum atomic E-state index is 11.7. The summed E-state index contributed by atoms with van der Waals surface area (Å²) in [4.78, 5) is 18.8. The van der Waals surface area contributed by atoms with Crippen molar-refractivity contribution in [3.63, 3.8) is 0 Å². The van der Waals surface area contributed by atoms with Gasteiger partial charge in [-0.3, -0.25) is 4.79 Å². The maximum Gasteiger partial charge on any atom is 0.264 e. The zero-order valence-electron chi connectivity index (χ0n) is 11.4. The van der Waals surface area contributed by atoms with Crippen molar-refractivity contribution in [1.29, 1.82) is 0 Å². The molecule has 3 aromatic rings. The fourth-order valence-corrected chi connectivity index (χ4v) is 2.56. The van der Waals surface area contributed by atoms with Crippen molar-refractivity contribution >= 4 is 33.4 Å². The number of ether oxygens (including phenoxy) is 1. The molecule has 3 rings (SSSR count). The second-order valence-electron chi connectivity index (χ2n) is 4.69. The molecule has 1 heterocycles. The van der Waals surface area contributed by atoms with E-state index in [0.717, 1.165) is 22.1 Å². The number of nitrogens with one attached hydrogen (secondary N) is 1. The topological polar surface area (TPSA) is 55.0 Å². The molecular weight excluding hydrogens is 379 g/mol. The van der Waals surface area contributed by atoms with E-state index in [0.29, 0.717) is 15.8 Å². The Morgan fingerprint density at radius 2 is 2.14 bits per heavy atom. The SMILES string of the molecule is COc1ccc2cccc(Cc3ncc(I)c(=O)[nH]3)c2c1.